The highest BCUT2D eigenvalue weighted by Gasteiger charge is 2.42. The third-order valence-electron chi connectivity index (χ3n) is 3.00. The lowest BCUT2D eigenvalue weighted by Crippen LogP contribution is -2.34. The molecule has 1 atom stereocenters. The summed E-state index contributed by atoms with van der Waals surface area (Å²) in [6, 6.07) is 2.69. The summed E-state index contributed by atoms with van der Waals surface area (Å²) >= 11 is 0. The van der Waals surface area contributed by atoms with Crippen LogP contribution in [0.15, 0.2) is 18.2 Å². The fourth-order valence-electron chi connectivity index (χ4n) is 1.89. The van der Waals surface area contributed by atoms with Crippen molar-refractivity contribution in [2.45, 2.75) is 39.0 Å². The molecule has 140 valence electrons. The Morgan fingerprint density at radius 1 is 1.24 bits per heavy atom. The molecule has 1 rings (SSSR count). The highest BCUT2D eigenvalue weighted by molar-refractivity contribution is 5.90. The van der Waals surface area contributed by atoms with Crippen molar-refractivity contribution in [2.24, 2.45) is 0 Å². The minimum atomic E-state index is -4.78. The molecule has 0 aromatic heterocycles. The molecule has 5 nitrogen and oxygen atoms in total. The Hall–Kier alpha value is -2.16. The van der Waals surface area contributed by atoms with Gasteiger partial charge in [0.1, 0.15) is 11.6 Å². The van der Waals surface area contributed by atoms with Gasteiger partial charge in [-0.2, -0.15) is 13.2 Å². The van der Waals surface area contributed by atoms with E-state index < -0.39 is 42.0 Å². The zero-order chi connectivity index (χ0) is 19.0. The van der Waals surface area contributed by atoms with Gasteiger partial charge in [0, 0.05) is 26.2 Å². The van der Waals surface area contributed by atoms with E-state index in [-0.39, 0.29) is 18.8 Å². The maximum absolute atomic E-state index is 13.9. The minimum absolute atomic E-state index is 0.0270. The van der Waals surface area contributed by atoms with Crippen LogP contribution in [-0.4, -0.2) is 37.4 Å². The molecule has 0 unspecified atom stereocenters. The first-order valence-electron chi connectivity index (χ1n) is 7.48. The summed E-state index contributed by atoms with van der Waals surface area (Å²) in [5.41, 5.74) is -0.685. The van der Waals surface area contributed by atoms with Crippen molar-refractivity contribution in [1.29, 1.82) is 0 Å². The summed E-state index contributed by atoms with van der Waals surface area (Å²) in [7, 11) is 0. The third kappa shape index (κ3) is 7.08. The second-order valence-corrected chi connectivity index (χ2v) is 5.01. The fraction of sp³-hybridized carbons (Fsp3) is 0.500. The first kappa shape index (κ1) is 20.9. The van der Waals surface area contributed by atoms with Gasteiger partial charge >= 0.3 is 18.1 Å². The smallest absolute Gasteiger partial charge is 0.425 e. The Kier molecular flexibility index (Phi) is 7.82. The van der Waals surface area contributed by atoms with Gasteiger partial charge in [0.2, 0.25) is 0 Å². The molecule has 0 saturated carbocycles. The summed E-state index contributed by atoms with van der Waals surface area (Å²) < 4.78 is 66.7. The minimum Gasteiger partial charge on any atom is -0.449 e. The Balaban J connectivity index is 2.80. The van der Waals surface area contributed by atoms with Crippen molar-refractivity contribution >= 4 is 11.9 Å². The van der Waals surface area contributed by atoms with Gasteiger partial charge < -0.3 is 14.2 Å². The van der Waals surface area contributed by atoms with Crippen LogP contribution in [0.2, 0.25) is 0 Å². The molecule has 1 aromatic rings. The van der Waals surface area contributed by atoms with E-state index in [1.807, 2.05) is 0 Å². The van der Waals surface area contributed by atoms with Gasteiger partial charge in [-0.3, -0.25) is 4.79 Å². The number of esters is 2. The molecule has 0 N–H and O–H groups in total. The zero-order valence-corrected chi connectivity index (χ0v) is 13.7. The van der Waals surface area contributed by atoms with E-state index in [1.54, 1.807) is 6.92 Å². The molecule has 0 bridgehead atoms. The van der Waals surface area contributed by atoms with Crippen molar-refractivity contribution < 1.29 is 41.4 Å². The van der Waals surface area contributed by atoms with E-state index in [0.717, 1.165) is 25.1 Å². The lowest BCUT2D eigenvalue weighted by atomic mass is 10.1. The van der Waals surface area contributed by atoms with Crippen LogP contribution in [0.4, 0.5) is 17.6 Å². The molecule has 1 aromatic carbocycles. The van der Waals surface area contributed by atoms with E-state index in [0.29, 0.717) is 6.61 Å². The molecule has 0 fully saturated rings. The third-order valence-corrected chi connectivity index (χ3v) is 3.00. The number of hydrogen-bond acceptors (Lipinski definition) is 5. The van der Waals surface area contributed by atoms with Crippen molar-refractivity contribution in [3.63, 3.8) is 0 Å². The van der Waals surface area contributed by atoms with Gasteiger partial charge in [0.15, 0.2) is 6.10 Å². The summed E-state index contributed by atoms with van der Waals surface area (Å²) in [4.78, 5) is 22.6. The van der Waals surface area contributed by atoms with Crippen LogP contribution in [0.1, 0.15) is 37.0 Å². The SMILES string of the molecule is CCOCCC[C@@H](OC(=O)c1ccc(OC(C)=O)cc1F)C(F)(F)F. The average molecular weight is 366 g/mol. The molecule has 0 spiro atoms. The summed E-state index contributed by atoms with van der Waals surface area (Å²) in [5.74, 6) is -3.49. The number of halogens is 4. The van der Waals surface area contributed by atoms with Gasteiger partial charge in [0.05, 0.1) is 5.56 Å². The van der Waals surface area contributed by atoms with Gasteiger partial charge in [-0.25, -0.2) is 9.18 Å². The number of hydrogen-bond donors (Lipinski definition) is 0. The van der Waals surface area contributed by atoms with E-state index in [1.165, 1.54) is 0 Å². The number of ether oxygens (including phenoxy) is 3. The highest BCUT2D eigenvalue weighted by atomic mass is 19.4. The monoisotopic (exact) mass is 366 g/mol. The Labute approximate surface area is 141 Å². The van der Waals surface area contributed by atoms with Crippen LogP contribution in [0.5, 0.6) is 5.75 Å². The van der Waals surface area contributed by atoms with Crippen molar-refractivity contribution in [3.8, 4) is 5.75 Å². The molecule has 0 aliphatic carbocycles. The van der Waals surface area contributed by atoms with Crippen molar-refractivity contribution in [1.82, 2.24) is 0 Å². The van der Waals surface area contributed by atoms with Gasteiger partial charge in [0.25, 0.3) is 0 Å². The number of carbonyl (C=O) groups is 2. The highest BCUT2D eigenvalue weighted by Crippen LogP contribution is 2.28. The standard InChI is InChI=1S/C16H18F4O5/c1-3-23-8-4-5-14(16(18,19)20)25-15(22)12-7-6-11(9-13(12)17)24-10(2)21/h6-7,9,14H,3-5,8H2,1-2H3/t14-/m1/s1. The first-order valence-corrected chi connectivity index (χ1v) is 7.48. The topological polar surface area (TPSA) is 61.8 Å². The lowest BCUT2D eigenvalue weighted by molar-refractivity contribution is -0.206. The van der Waals surface area contributed by atoms with Gasteiger partial charge in [-0.05, 0) is 31.9 Å². The van der Waals surface area contributed by atoms with E-state index in [4.69, 9.17) is 4.74 Å². The number of alkyl halides is 3. The maximum Gasteiger partial charge on any atom is 0.425 e. The predicted molar refractivity (Wildman–Crippen MR) is 78.7 cm³/mol. The van der Waals surface area contributed by atoms with Crippen molar-refractivity contribution in [3.05, 3.63) is 29.6 Å². The number of carbonyl (C=O) groups excluding carboxylic acids is 2. The van der Waals surface area contributed by atoms with Gasteiger partial charge in [-0.15, -0.1) is 0 Å². The molecule has 0 aliphatic rings. The van der Waals surface area contributed by atoms with Crippen LogP contribution in [0, 0.1) is 5.82 Å². The Morgan fingerprint density at radius 2 is 1.92 bits per heavy atom. The second-order valence-electron chi connectivity index (χ2n) is 5.01. The molecule has 25 heavy (non-hydrogen) atoms. The predicted octanol–water partition coefficient (Wildman–Crippen LogP) is 3.66. The van der Waals surface area contributed by atoms with E-state index in [9.17, 15) is 27.2 Å². The molecule has 0 saturated heterocycles. The van der Waals surface area contributed by atoms with Crippen LogP contribution >= 0.6 is 0 Å². The second kappa shape index (κ2) is 9.36. The normalized spacial score (nSPS) is 12.6. The van der Waals surface area contributed by atoms with Crippen LogP contribution in [0.25, 0.3) is 0 Å². The molecular formula is C16H18F4O5. The number of rotatable bonds is 8. The maximum atomic E-state index is 13.9. The average Bonchev–Trinajstić information content (AvgIpc) is 2.48. The van der Waals surface area contributed by atoms with E-state index >= 15 is 0 Å². The molecular weight excluding hydrogens is 348 g/mol. The van der Waals surface area contributed by atoms with Crippen LogP contribution in [-0.2, 0) is 14.3 Å². The summed E-state index contributed by atoms with van der Waals surface area (Å²) in [6.07, 6.45) is -7.62. The number of benzene rings is 1. The quantitative estimate of drug-likeness (QED) is 0.304. The largest absolute Gasteiger partial charge is 0.449 e. The van der Waals surface area contributed by atoms with Crippen molar-refractivity contribution in [2.75, 3.05) is 13.2 Å². The summed E-state index contributed by atoms with van der Waals surface area (Å²) in [5, 5.41) is 0. The Bertz CT molecular complexity index is 601. The molecule has 0 radical (unpaired) electrons. The first-order chi connectivity index (χ1) is 11.6. The van der Waals surface area contributed by atoms with Gasteiger partial charge in [-0.1, -0.05) is 0 Å². The molecule has 9 heteroatoms. The summed E-state index contributed by atoms with van der Waals surface area (Å²) in [6.45, 7) is 3.24. The molecule has 0 amide bonds. The fourth-order valence-corrected chi connectivity index (χ4v) is 1.89. The Morgan fingerprint density at radius 3 is 2.44 bits per heavy atom. The van der Waals surface area contributed by atoms with E-state index in [2.05, 4.69) is 9.47 Å². The lowest BCUT2D eigenvalue weighted by Gasteiger charge is -2.20. The molecule has 0 aliphatic heterocycles. The molecule has 0 heterocycles. The zero-order valence-electron chi connectivity index (χ0n) is 13.7. The van der Waals surface area contributed by atoms with Crippen LogP contribution in [0.3, 0.4) is 0 Å². The van der Waals surface area contributed by atoms with Crippen LogP contribution < -0.4 is 4.74 Å².